The fourth-order valence-electron chi connectivity index (χ4n) is 11.7. The standard InChI is InChI=1S/C41H61NO4Si/c1-7-47(8-2,9-3)46-32-19-21-40(6)31(24-32)17-18-34-33-20-22-41(26-28(4)35(33)25-36(34)40)29(5)38-37(45-41)16-13-23-42(38)39(43)44-27-30-14-11-10-12-15-30/h10-12,14-15,24,29,31,33-34,36-38H,7-9,13,16-23,25-27H2,1-6H3/t29-,31-,33+,34+,36+,37-,38+,40+,41?/m1/s1. The van der Waals surface area contributed by atoms with E-state index in [1.165, 1.54) is 56.0 Å². The van der Waals surface area contributed by atoms with E-state index in [9.17, 15) is 4.79 Å². The van der Waals surface area contributed by atoms with Crippen LogP contribution in [0, 0.1) is 35.0 Å². The second-order valence-electron chi connectivity index (χ2n) is 16.6. The molecule has 1 unspecified atom stereocenters. The number of hydrogen-bond donors (Lipinski definition) is 0. The van der Waals surface area contributed by atoms with Crippen LogP contribution in [-0.2, 0) is 20.5 Å². The number of hydrogen-bond acceptors (Lipinski definition) is 4. The van der Waals surface area contributed by atoms with Gasteiger partial charge in [-0.2, -0.15) is 0 Å². The van der Waals surface area contributed by atoms with Crippen molar-refractivity contribution in [2.45, 2.75) is 148 Å². The zero-order chi connectivity index (χ0) is 33.0. The first-order chi connectivity index (χ1) is 22.7. The van der Waals surface area contributed by atoms with Crippen LogP contribution in [0.5, 0.6) is 0 Å². The Morgan fingerprint density at radius 2 is 1.81 bits per heavy atom. The molecule has 6 aliphatic rings. The van der Waals surface area contributed by atoms with Crippen LogP contribution in [0.25, 0.3) is 0 Å². The highest BCUT2D eigenvalue weighted by atomic mass is 28.4. The minimum absolute atomic E-state index is 0.102. The number of fused-ring (bicyclic) bond motifs is 6. The molecule has 7 rings (SSSR count). The van der Waals surface area contributed by atoms with Crippen molar-refractivity contribution in [3.8, 4) is 0 Å². The Morgan fingerprint density at radius 3 is 2.55 bits per heavy atom. The van der Waals surface area contributed by atoms with Crippen LogP contribution in [0.2, 0.25) is 18.1 Å². The maximum Gasteiger partial charge on any atom is 0.410 e. The average molecular weight is 660 g/mol. The van der Waals surface area contributed by atoms with E-state index in [-0.39, 0.29) is 23.8 Å². The first-order valence-corrected chi connectivity index (χ1v) is 21.9. The lowest BCUT2D eigenvalue weighted by atomic mass is 9.54. The van der Waals surface area contributed by atoms with Crippen molar-refractivity contribution >= 4 is 14.4 Å². The molecule has 0 N–H and O–H groups in total. The summed E-state index contributed by atoms with van der Waals surface area (Å²) in [6.45, 7) is 15.6. The monoisotopic (exact) mass is 659 g/mol. The fraction of sp³-hybridized carbons (Fsp3) is 0.732. The third kappa shape index (κ3) is 5.75. The number of rotatable bonds is 7. The fourth-order valence-corrected chi connectivity index (χ4v) is 14.4. The first-order valence-electron chi connectivity index (χ1n) is 19.4. The van der Waals surface area contributed by atoms with E-state index in [0.29, 0.717) is 29.8 Å². The summed E-state index contributed by atoms with van der Waals surface area (Å²) in [7, 11) is -1.63. The minimum Gasteiger partial charge on any atom is -0.547 e. The Bertz CT molecular complexity index is 1360. The zero-order valence-electron chi connectivity index (χ0n) is 30.2. The SMILES string of the molecule is CC[Si](CC)(CC)OC1=C[C@H]2CC[C@H]3[C@@H]4CCC5(CC(C)=C4C[C@@H]3[C@@]2(C)CC1)O[C@@H]1CCCN(C(=O)OCc2ccccc2)[C@H]1[C@H]5C. The highest BCUT2D eigenvalue weighted by molar-refractivity contribution is 6.73. The Morgan fingerprint density at radius 1 is 1.04 bits per heavy atom. The number of carbonyl (C=O) groups excluding carboxylic acids is 1. The maximum absolute atomic E-state index is 13.5. The highest BCUT2D eigenvalue weighted by Gasteiger charge is 2.60. The van der Waals surface area contributed by atoms with Gasteiger partial charge >= 0.3 is 6.09 Å². The van der Waals surface area contributed by atoms with Crippen molar-refractivity contribution in [1.82, 2.24) is 4.90 Å². The molecular formula is C41H61NO4Si. The highest BCUT2D eigenvalue weighted by Crippen LogP contribution is 2.65. The number of piperidine rings is 1. The Labute approximate surface area is 286 Å². The molecule has 0 bridgehead atoms. The predicted octanol–water partition coefficient (Wildman–Crippen LogP) is 10.4. The molecule has 0 aromatic heterocycles. The van der Waals surface area contributed by atoms with Gasteiger partial charge in [-0.3, -0.25) is 0 Å². The van der Waals surface area contributed by atoms with Crippen LogP contribution >= 0.6 is 0 Å². The second-order valence-corrected chi connectivity index (χ2v) is 21.3. The number of nitrogens with zero attached hydrogens (tertiary/aromatic N) is 1. The Hall–Kier alpha value is -2.05. The molecule has 4 aliphatic carbocycles. The van der Waals surface area contributed by atoms with Crippen LogP contribution in [0.15, 0.2) is 53.3 Å². The van der Waals surface area contributed by atoms with Crippen LogP contribution in [0.3, 0.4) is 0 Å². The molecule has 1 aromatic rings. The summed E-state index contributed by atoms with van der Waals surface area (Å²) >= 11 is 0. The van der Waals surface area contributed by atoms with Gasteiger partial charge in [-0.1, -0.05) is 76.1 Å². The van der Waals surface area contributed by atoms with Crippen LogP contribution < -0.4 is 0 Å². The zero-order valence-corrected chi connectivity index (χ0v) is 31.2. The topological polar surface area (TPSA) is 48.0 Å². The van der Waals surface area contributed by atoms with Gasteiger partial charge in [-0.05, 0) is 124 Å². The van der Waals surface area contributed by atoms with Crippen LogP contribution in [0.4, 0.5) is 4.79 Å². The predicted molar refractivity (Wildman–Crippen MR) is 191 cm³/mol. The van der Waals surface area contributed by atoms with Crippen molar-refractivity contribution in [2.75, 3.05) is 6.54 Å². The number of likely N-dealkylation sites (tertiary alicyclic amines) is 1. The first kappa shape index (κ1) is 33.4. The van der Waals surface area contributed by atoms with Crippen LogP contribution in [0.1, 0.15) is 111 Å². The van der Waals surface area contributed by atoms with Crippen molar-refractivity contribution in [1.29, 1.82) is 0 Å². The largest absolute Gasteiger partial charge is 0.547 e. The normalized spacial score (nSPS) is 38.2. The van der Waals surface area contributed by atoms with E-state index in [0.717, 1.165) is 56.0 Å². The number of amides is 1. The molecule has 47 heavy (non-hydrogen) atoms. The average Bonchev–Trinajstić information content (AvgIpc) is 3.56. The summed E-state index contributed by atoms with van der Waals surface area (Å²) in [6.07, 6.45) is 14.3. The van der Waals surface area contributed by atoms with Gasteiger partial charge < -0.3 is 18.8 Å². The molecule has 2 aliphatic heterocycles. The van der Waals surface area contributed by atoms with Crippen molar-refractivity contribution in [3.05, 3.63) is 58.9 Å². The Balaban J connectivity index is 1.07. The molecule has 258 valence electrons. The van der Waals surface area contributed by atoms with Crippen molar-refractivity contribution in [3.63, 3.8) is 0 Å². The lowest BCUT2D eigenvalue weighted by molar-refractivity contribution is -0.0735. The molecular weight excluding hydrogens is 599 g/mol. The van der Waals surface area contributed by atoms with Crippen LogP contribution in [-0.4, -0.2) is 43.6 Å². The third-order valence-electron chi connectivity index (χ3n) is 14.8. The summed E-state index contributed by atoms with van der Waals surface area (Å²) < 4.78 is 20.0. The lowest BCUT2D eigenvalue weighted by Gasteiger charge is -2.52. The maximum atomic E-state index is 13.5. The molecule has 1 amide bonds. The molecule has 5 nitrogen and oxygen atoms in total. The second kappa shape index (κ2) is 13.0. The van der Waals surface area contributed by atoms with Crippen molar-refractivity contribution < 1.29 is 18.7 Å². The molecule has 1 aromatic carbocycles. The van der Waals surface area contributed by atoms with Gasteiger partial charge in [0.15, 0.2) is 0 Å². The smallest absolute Gasteiger partial charge is 0.410 e. The summed E-state index contributed by atoms with van der Waals surface area (Å²) in [5.74, 6) is 4.58. The third-order valence-corrected chi connectivity index (χ3v) is 19.4. The van der Waals surface area contributed by atoms with Gasteiger partial charge in [0.2, 0.25) is 8.32 Å². The molecule has 2 saturated heterocycles. The number of ether oxygens (including phenoxy) is 2. The summed E-state index contributed by atoms with van der Waals surface area (Å²) in [6, 6.07) is 13.8. The van der Waals surface area contributed by atoms with Gasteiger partial charge in [-0.15, -0.1) is 0 Å². The lowest BCUT2D eigenvalue weighted by Crippen LogP contribution is -2.52. The molecule has 4 fully saturated rings. The molecule has 9 atom stereocenters. The van der Waals surface area contributed by atoms with Gasteiger partial charge in [0.1, 0.15) is 6.61 Å². The van der Waals surface area contributed by atoms with Gasteiger partial charge in [0.05, 0.1) is 23.5 Å². The van der Waals surface area contributed by atoms with E-state index in [2.05, 4.69) is 47.6 Å². The summed E-state index contributed by atoms with van der Waals surface area (Å²) in [5.41, 5.74) is 4.62. The molecule has 6 heteroatoms. The van der Waals surface area contributed by atoms with E-state index in [1.54, 1.807) is 11.1 Å². The molecule has 2 heterocycles. The van der Waals surface area contributed by atoms with E-state index in [4.69, 9.17) is 13.9 Å². The quantitative estimate of drug-likeness (QED) is 0.216. The van der Waals surface area contributed by atoms with Crippen molar-refractivity contribution in [2.24, 2.45) is 35.0 Å². The molecule has 1 spiro atoms. The molecule has 2 saturated carbocycles. The summed E-state index contributed by atoms with van der Waals surface area (Å²) in [5, 5.41) is 0. The van der Waals surface area contributed by atoms with E-state index < -0.39 is 8.32 Å². The Kier molecular flexibility index (Phi) is 9.25. The van der Waals surface area contributed by atoms with E-state index in [1.807, 2.05) is 35.2 Å². The van der Waals surface area contributed by atoms with E-state index >= 15 is 0 Å². The van der Waals surface area contributed by atoms with Gasteiger partial charge in [0.25, 0.3) is 0 Å². The minimum atomic E-state index is -1.63. The summed E-state index contributed by atoms with van der Waals surface area (Å²) in [4.78, 5) is 15.5. The molecule has 0 radical (unpaired) electrons. The number of carbonyl (C=O) groups is 1. The van der Waals surface area contributed by atoms with Gasteiger partial charge in [-0.25, -0.2) is 4.79 Å². The van der Waals surface area contributed by atoms with Gasteiger partial charge in [0, 0.05) is 18.9 Å². The number of benzene rings is 1. The number of allylic oxidation sites excluding steroid dienone is 3.